The molecule has 120 valence electrons. The van der Waals surface area contributed by atoms with Crippen molar-refractivity contribution in [3.8, 4) is 5.88 Å². The molecule has 2 heterocycles. The van der Waals surface area contributed by atoms with Crippen molar-refractivity contribution < 1.29 is 4.74 Å². The van der Waals surface area contributed by atoms with Crippen molar-refractivity contribution in [2.45, 2.75) is 45.6 Å². The Kier molecular flexibility index (Phi) is 5.65. The van der Waals surface area contributed by atoms with E-state index in [9.17, 15) is 0 Å². The van der Waals surface area contributed by atoms with Gasteiger partial charge in [-0.3, -0.25) is 4.90 Å². The minimum Gasteiger partial charge on any atom is -0.481 e. The third-order valence-electron chi connectivity index (χ3n) is 4.86. The van der Waals surface area contributed by atoms with E-state index in [2.05, 4.69) is 16.9 Å². The SMILES string of the molecule is CCC1CCCN(C(CN)c2c(C)nn(C)c2OC)CC1. The van der Waals surface area contributed by atoms with Crippen molar-refractivity contribution in [2.75, 3.05) is 26.7 Å². The second-order valence-corrected chi connectivity index (χ2v) is 6.12. The number of nitrogens with two attached hydrogens (primary N) is 1. The van der Waals surface area contributed by atoms with Gasteiger partial charge in [-0.1, -0.05) is 13.3 Å². The van der Waals surface area contributed by atoms with E-state index in [1.165, 1.54) is 25.7 Å². The van der Waals surface area contributed by atoms with Crippen LogP contribution in [0.4, 0.5) is 0 Å². The summed E-state index contributed by atoms with van der Waals surface area (Å²) in [5, 5.41) is 4.51. The van der Waals surface area contributed by atoms with Gasteiger partial charge >= 0.3 is 0 Å². The summed E-state index contributed by atoms with van der Waals surface area (Å²) in [6.07, 6.45) is 5.16. The van der Waals surface area contributed by atoms with E-state index in [4.69, 9.17) is 10.5 Å². The number of nitrogens with zero attached hydrogens (tertiary/aromatic N) is 3. The van der Waals surface area contributed by atoms with Crippen LogP contribution in [0.2, 0.25) is 0 Å². The number of aryl methyl sites for hydroxylation is 2. The van der Waals surface area contributed by atoms with Gasteiger partial charge < -0.3 is 10.5 Å². The van der Waals surface area contributed by atoms with Crippen LogP contribution in [-0.2, 0) is 7.05 Å². The molecule has 2 N–H and O–H groups in total. The Morgan fingerprint density at radius 3 is 2.76 bits per heavy atom. The Labute approximate surface area is 128 Å². The van der Waals surface area contributed by atoms with Gasteiger partial charge in [0.05, 0.1) is 24.4 Å². The van der Waals surface area contributed by atoms with E-state index in [0.717, 1.165) is 36.1 Å². The van der Waals surface area contributed by atoms with Crippen LogP contribution in [-0.4, -0.2) is 41.4 Å². The Balaban J connectivity index is 2.23. The fourth-order valence-corrected chi connectivity index (χ4v) is 3.64. The summed E-state index contributed by atoms with van der Waals surface area (Å²) in [5.41, 5.74) is 8.31. The third-order valence-corrected chi connectivity index (χ3v) is 4.86. The average molecular weight is 294 g/mol. The molecule has 2 unspecified atom stereocenters. The maximum atomic E-state index is 6.12. The van der Waals surface area contributed by atoms with Crippen molar-refractivity contribution >= 4 is 0 Å². The topological polar surface area (TPSA) is 56.3 Å². The molecule has 21 heavy (non-hydrogen) atoms. The van der Waals surface area contributed by atoms with E-state index in [-0.39, 0.29) is 6.04 Å². The number of aromatic nitrogens is 2. The van der Waals surface area contributed by atoms with Crippen LogP contribution in [0.5, 0.6) is 5.88 Å². The highest BCUT2D eigenvalue weighted by atomic mass is 16.5. The molecule has 0 aromatic carbocycles. The van der Waals surface area contributed by atoms with Crippen molar-refractivity contribution in [1.82, 2.24) is 14.7 Å². The largest absolute Gasteiger partial charge is 0.481 e. The van der Waals surface area contributed by atoms with Crippen LogP contribution in [0, 0.1) is 12.8 Å². The van der Waals surface area contributed by atoms with Crippen LogP contribution in [0.3, 0.4) is 0 Å². The van der Waals surface area contributed by atoms with Gasteiger partial charge in [0.1, 0.15) is 0 Å². The number of methoxy groups -OCH3 is 1. The molecule has 2 rings (SSSR count). The summed E-state index contributed by atoms with van der Waals surface area (Å²) in [5.74, 6) is 1.71. The first-order chi connectivity index (χ1) is 10.1. The number of ether oxygens (including phenoxy) is 1. The van der Waals surface area contributed by atoms with Crippen molar-refractivity contribution in [3.05, 3.63) is 11.3 Å². The molecule has 5 heteroatoms. The van der Waals surface area contributed by atoms with Gasteiger partial charge in [-0.2, -0.15) is 5.10 Å². The highest BCUT2D eigenvalue weighted by Gasteiger charge is 2.29. The fourth-order valence-electron chi connectivity index (χ4n) is 3.64. The summed E-state index contributed by atoms with van der Waals surface area (Å²) in [7, 11) is 3.64. The molecule has 1 fully saturated rings. The van der Waals surface area contributed by atoms with Crippen molar-refractivity contribution in [3.63, 3.8) is 0 Å². The van der Waals surface area contributed by atoms with Gasteiger partial charge in [0.25, 0.3) is 0 Å². The fraction of sp³-hybridized carbons (Fsp3) is 0.812. The number of likely N-dealkylation sites (tertiary alicyclic amines) is 1. The van der Waals surface area contributed by atoms with E-state index in [0.29, 0.717) is 6.54 Å². The Morgan fingerprint density at radius 1 is 1.38 bits per heavy atom. The first-order valence-electron chi connectivity index (χ1n) is 8.13. The molecule has 1 aromatic heterocycles. The van der Waals surface area contributed by atoms with E-state index in [1.54, 1.807) is 7.11 Å². The maximum Gasteiger partial charge on any atom is 0.216 e. The van der Waals surface area contributed by atoms with E-state index >= 15 is 0 Å². The van der Waals surface area contributed by atoms with Crippen molar-refractivity contribution in [1.29, 1.82) is 0 Å². The minimum absolute atomic E-state index is 0.212. The standard InChI is InChI=1S/C16H30N4O/c1-5-13-7-6-9-20(10-8-13)14(11-17)15-12(2)18-19(3)16(15)21-4/h13-14H,5-11,17H2,1-4H3. The van der Waals surface area contributed by atoms with Gasteiger partial charge in [-0.15, -0.1) is 0 Å². The van der Waals surface area contributed by atoms with E-state index in [1.807, 2.05) is 18.7 Å². The molecular weight excluding hydrogens is 264 g/mol. The second kappa shape index (κ2) is 7.27. The lowest BCUT2D eigenvalue weighted by molar-refractivity contribution is 0.201. The molecule has 5 nitrogen and oxygen atoms in total. The van der Waals surface area contributed by atoms with Crippen LogP contribution < -0.4 is 10.5 Å². The number of hydrogen-bond acceptors (Lipinski definition) is 4. The lowest BCUT2D eigenvalue weighted by Crippen LogP contribution is -2.35. The second-order valence-electron chi connectivity index (χ2n) is 6.12. The molecule has 0 amide bonds. The predicted octanol–water partition coefficient (Wildman–Crippen LogP) is 2.25. The van der Waals surface area contributed by atoms with Crippen molar-refractivity contribution in [2.24, 2.45) is 18.7 Å². The molecular formula is C16H30N4O. The average Bonchev–Trinajstić information content (AvgIpc) is 2.67. The smallest absolute Gasteiger partial charge is 0.216 e. The normalized spacial score (nSPS) is 22.0. The minimum atomic E-state index is 0.212. The quantitative estimate of drug-likeness (QED) is 0.905. The molecule has 0 bridgehead atoms. The molecule has 1 saturated heterocycles. The Hall–Kier alpha value is -1.07. The lowest BCUT2D eigenvalue weighted by Gasteiger charge is -2.30. The molecule has 0 saturated carbocycles. The van der Waals surface area contributed by atoms with Gasteiger partial charge in [-0.25, -0.2) is 4.68 Å². The molecule has 1 aliphatic rings. The summed E-state index contributed by atoms with van der Waals surface area (Å²) >= 11 is 0. The number of rotatable bonds is 5. The lowest BCUT2D eigenvalue weighted by atomic mass is 9.98. The zero-order chi connectivity index (χ0) is 15.4. The molecule has 0 aliphatic carbocycles. The third kappa shape index (κ3) is 3.40. The van der Waals surface area contributed by atoms with Gasteiger partial charge in [0.2, 0.25) is 5.88 Å². The Bertz CT molecular complexity index is 457. The number of hydrogen-bond donors (Lipinski definition) is 1. The maximum absolute atomic E-state index is 6.12. The molecule has 0 radical (unpaired) electrons. The van der Waals surface area contributed by atoms with Crippen LogP contribution in [0.1, 0.15) is 49.9 Å². The monoisotopic (exact) mass is 294 g/mol. The van der Waals surface area contributed by atoms with E-state index < -0.39 is 0 Å². The summed E-state index contributed by atoms with van der Waals surface area (Å²) in [6.45, 7) is 7.20. The predicted molar refractivity (Wildman–Crippen MR) is 85.5 cm³/mol. The summed E-state index contributed by atoms with van der Waals surface area (Å²) < 4.78 is 7.38. The zero-order valence-corrected chi connectivity index (χ0v) is 13.9. The van der Waals surface area contributed by atoms with Crippen LogP contribution in [0.25, 0.3) is 0 Å². The first-order valence-corrected chi connectivity index (χ1v) is 8.13. The van der Waals surface area contributed by atoms with Gasteiger partial charge in [0.15, 0.2) is 0 Å². The Morgan fingerprint density at radius 2 is 2.14 bits per heavy atom. The highest BCUT2D eigenvalue weighted by molar-refractivity contribution is 5.34. The molecule has 2 atom stereocenters. The van der Waals surface area contributed by atoms with Gasteiger partial charge in [-0.05, 0) is 45.2 Å². The highest BCUT2D eigenvalue weighted by Crippen LogP contribution is 2.33. The summed E-state index contributed by atoms with van der Waals surface area (Å²) in [4.78, 5) is 2.53. The van der Waals surface area contributed by atoms with Crippen LogP contribution in [0.15, 0.2) is 0 Å². The van der Waals surface area contributed by atoms with Gasteiger partial charge in [0, 0.05) is 13.6 Å². The molecule has 1 aliphatic heterocycles. The molecule has 0 spiro atoms. The molecule has 1 aromatic rings. The first kappa shape index (κ1) is 16.3. The summed E-state index contributed by atoms with van der Waals surface area (Å²) in [6, 6.07) is 0.212. The van der Waals surface area contributed by atoms with Crippen LogP contribution >= 0.6 is 0 Å². The zero-order valence-electron chi connectivity index (χ0n) is 13.9.